The van der Waals surface area contributed by atoms with E-state index in [0.717, 1.165) is 0 Å². The molecular formula is C11H14BrNO4. The van der Waals surface area contributed by atoms with Crippen LogP contribution in [-0.2, 0) is 4.74 Å². The third-order valence-corrected chi connectivity index (χ3v) is 2.75. The van der Waals surface area contributed by atoms with Gasteiger partial charge in [0, 0.05) is 11.5 Å². The van der Waals surface area contributed by atoms with E-state index in [2.05, 4.69) is 25.7 Å². The molecule has 2 N–H and O–H groups in total. The zero-order valence-electron chi connectivity index (χ0n) is 9.34. The summed E-state index contributed by atoms with van der Waals surface area (Å²) in [7, 11) is 1.26. The number of carbonyl (C=O) groups is 1. The van der Waals surface area contributed by atoms with Gasteiger partial charge in [-0.1, -0.05) is 15.9 Å². The number of aliphatic hydroxyl groups excluding tert-OH is 2. The van der Waals surface area contributed by atoms with Gasteiger partial charge in [0.2, 0.25) is 0 Å². The Kier molecular flexibility index (Phi) is 5.54. The maximum atomic E-state index is 11.2. The van der Waals surface area contributed by atoms with E-state index >= 15 is 0 Å². The van der Waals surface area contributed by atoms with Crippen LogP contribution >= 0.6 is 15.9 Å². The molecule has 94 valence electrons. The summed E-state index contributed by atoms with van der Waals surface area (Å²) in [4.78, 5) is 15.1. The summed E-state index contributed by atoms with van der Waals surface area (Å²) in [6.45, 7) is 0. The van der Waals surface area contributed by atoms with Crippen molar-refractivity contribution in [1.82, 2.24) is 4.98 Å². The highest BCUT2D eigenvalue weighted by molar-refractivity contribution is 9.09. The van der Waals surface area contributed by atoms with Gasteiger partial charge in [0.05, 0.1) is 13.2 Å². The Morgan fingerprint density at radius 1 is 1.59 bits per heavy atom. The van der Waals surface area contributed by atoms with Crippen LogP contribution in [0.25, 0.3) is 0 Å². The third kappa shape index (κ3) is 3.76. The minimum Gasteiger partial charge on any atom is -0.464 e. The minimum atomic E-state index is -1.04. The number of nitrogens with zero attached hydrogens (tertiary/aromatic N) is 1. The summed E-state index contributed by atoms with van der Waals surface area (Å²) in [6.07, 6.45) is -0.121. The number of aliphatic hydroxyl groups is 2. The van der Waals surface area contributed by atoms with Crippen molar-refractivity contribution in [2.45, 2.75) is 18.6 Å². The molecule has 1 heterocycles. The van der Waals surface area contributed by atoms with E-state index in [4.69, 9.17) is 0 Å². The Bertz CT molecular complexity index is 385. The number of alkyl halides is 1. The van der Waals surface area contributed by atoms with E-state index in [-0.39, 0.29) is 5.69 Å². The van der Waals surface area contributed by atoms with E-state index < -0.39 is 18.2 Å². The van der Waals surface area contributed by atoms with Crippen LogP contribution in [0, 0.1) is 0 Å². The zero-order valence-corrected chi connectivity index (χ0v) is 10.9. The summed E-state index contributed by atoms with van der Waals surface area (Å²) in [5, 5.41) is 20.1. The van der Waals surface area contributed by atoms with Crippen LogP contribution in [0.5, 0.6) is 0 Å². The Balaban J connectivity index is 2.87. The largest absolute Gasteiger partial charge is 0.464 e. The first-order valence-corrected chi connectivity index (χ1v) is 6.18. The maximum Gasteiger partial charge on any atom is 0.356 e. The molecule has 0 amide bonds. The average molecular weight is 304 g/mol. The molecule has 0 aliphatic rings. The number of pyridine rings is 1. The van der Waals surface area contributed by atoms with E-state index in [0.29, 0.717) is 17.3 Å². The van der Waals surface area contributed by atoms with Crippen molar-refractivity contribution in [1.29, 1.82) is 0 Å². The first kappa shape index (κ1) is 14.1. The fraction of sp³-hybridized carbons (Fsp3) is 0.455. The predicted molar refractivity (Wildman–Crippen MR) is 65.0 cm³/mol. The van der Waals surface area contributed by atoms with Gasteiger partial charge < -0.3 is 14.9 Å². The molecule has 0 radical (unpaired) electrons. The van der Waals surface area contributed by atoms with E-state index in [1.807, 2.05) is 0 Å². The molecule has 0 spiro atoms. The van der Waals surface area contributed by atoms with Gasteiger partial charge in [-0.25, -0.2) is 9.78 Å². The lowest BCUT2D eigenvalue weighted by Gasteiger charge is -2.17. The normalized spacial score (nSPS) is 14.1. The summed E-state index contributed by atoms with van der Waals surface area (Å²) in [6, 6.07) is 2.96. The molecule has 0 saturated heterocycles. The molecule has 1 aromatic rings. The molecule has 0 saturated carbocycles. The van der Waals surface area contributed by atoms with E-state index in [1.54, 1.807) is 6.07 Å². The van der Waals surface area contributed by atoms with Gasteiger partial charge in [-0.2, -0.15) is 0 Å². The lowest BCUT2D eigenvalue weighted by molar-refractivity contribution is 0.0172. The molecule has 1 rings (SSSR count). The number of hydrogen-bond acceptors (Lipinski definition) is 5. The van der Waals surface area contributed by atoms with Crippen molar-refractivity contribution in [3.8, 4) is 0 Å². The predicted octanol–water partition coefficient (Wildman–Crippen LogP) is 1.05. The molecule has 0 bridgehead atoms. The van der Waals surface area contributed by atoms with Crippen LogP contribution in [0.15, 0.2) is 18.3 Å². The van der Waals surface area contributed by atoms with Crippen molar-refractivity contribution in [2.24, 2.45) is 0 Å². The Morgan fingerprint density at radius 3 is 2.88 bits per heavy atom. The van der Waals surface area contributed by atoms with Crippen molar-refractivity contribution in [3.05, 3.63) is 29.6 Å². The van der Waals surface area contributed by atoms with Gasteiger partial charge in [0.15, 0.2) is 0 Å². The number of carbonyl (C=O) groups excluding carboxylic acids is 1. The standard InChI is InChI=1S/C11H14BrNO4/c1-17-11(16)8-6-7(3-5-13-8)10(15)9(14)2-4-12/h3,5-6,9-10,14-15H,2,4H2,1H3. The van der Waals surface area contributed by atoms with Gasteiger partial charge in [0.25, 0.3) is 0 Å². The SMILES string of the molecule is COC(=O)c1cc(C(O)C(O)CCBr)ccn1. The van der Waals surface area contributed by atoms with Crippen LogP contribution in [0.2, 0.25) is 0 Å². The fourth-order valence-electron chi connectivity index (χ4n) is 1.34. The molecule has 1 aromatic heterocycles. The lowest BCUT2D eigenvalue weighted by atomic mass is 10.0. The van der Waals surface area contributed by atoms with Crippen LogP contribution in [0.1, 0.15) is 28.6 Å². The molecular weight excluding hydrogens is 290 g/mol. The minimum absolute atomic E-state index is 0.107. The topological polar surface area (TPSA) is 79.7 Å². The summed E-state index contributed by atoms with van der Waals surface area (Å²) in [5.41, 5.74) is 0.545. The highest BCUT2D eigenvalue weighted by Gasteiger charge is 2.19. The Labute approximate surface area is 108 Å². The van der Waals surface area contributed by atoms with Gasteiger partial charge in [-0.05, 0) is 24.1 Å². The van der Waals surface area contributed by atoms with Crippen LogP contribution < -0.4 is 0 Å². The molecule has 6 heteroatoms. The smallest absolute Gasteiger partial charge is 0.356 e. The Hall–Kier alpha value is -0.980. The quantitative estimate of drug-likeness (QED) is 0.628. The van der Waals surface area contributed by atoms with Gasteiger partial charge in [-0.3, -0.25) is 0 Å². The fourth-order valence-corrected chi connectivity index (χ4v) is 1.81. The van der Waals surface area contributed by atoms with Gasteiger partial charge in [-0.15, -0.1) is 0 Å². The number of hydrogen-bond donors (Lipinski definition) is 2. The second kappa shape index (κ2) is 6.68. The molecule has 5 nitrogen and oxygen atoms in total. The van der Waals surface area contributed by atoms with E-state index in [1.165, 1.54) is 19.4 Å². The van der Waals surface area contributed by atoms with Crippen LogP contribution in [0.3, 0.4) is 0 Å². The second-order valence-corrected chi connectivity index (χ2v) is 4.25. The summed E-state index contributed by atoms with van der Waals surface area (Å²) < 4.78 is 4.53. The third-order valence-electron chi connectivity index (χ3n) is 2.29. The van der Waals surface area contributed by atoms with Gasteiger partial charge >= 0.3 is 5.97 Å². The monoisotopic (exact) mass is 303 g/mol. The van der Waals surface area contributed by atoms with Crippen molar-refractivity contribution >= 4 is 21.9 Å². The molecule has 0 aromatic carbocycles. The number of esters is 1. The zero-order chi connectivity index (χ0) is 12.8. The lowest BCUT2D eigenvalue weighted by Crippen LogP contribution is -2.19. The second-order valence-electron chi connectivity index (χ2n) is 3.46. The van der Waals surface area contributed by atoms with Crippen LogP contribution in [0.4, 0.5) is 0 Å². The average Bonchev–Trinajstić information content (AvgIpc) is 2.37. The Morgan fingerprint density at radius 2 is 2.29 bits per heavy atom. The molecule has 2 atom stereocenters. The molecule has 17 heavy (non-hydrogen) atoms. The van der Waals surface area contributed by atoms with Crippen molar-refractivity contribution in [3.63, 3.8) is 0 Å². The molecule has 2 unspecified atom stereocenters. The maximum absolute atomic E-state index is 11.2. The number of methoxy groups -OCH3 is 1. The van der Waals surface area contributed by atoms with Gasteiger partial charge in [0.1, 0.15) is 11.8 Å². The number of aromatic nitrogens is 1. The molecule has 0 aliphatic heterocycles. The highest BCUT2D eigenvalue weighted by Crippen LogP contribution is 2.19. The summed E-state index contributed by atoms with van der Waals surface area (Å²) >= 11 is 3.18. The van der Waals surface area contributed by atoms with Crippen LogP contribution in [-0.4, -0.2) is 39.7 Å². The first-order chi connectivity index (χ1) is 8.10. The first-order valence-electron chi connectivity index (χ1n) is 5.06. The van der Waals surface area contributed by atoms with Crippen molar-refractivity contribution < 1.29 is 19.7 Å². The number of halogens is 1. The number of ether oxygens (including phenoxy) is 1. The summed E-state index contributed by atoms with van der Waals surface area (Å²) in [5.74, 6) is -0.575. The molecule has 0 aliphatic carbocycles. The highest BCUT2D eigenvalue weighted by atomic mass is 79.9. The van der Waals surface area contributed by atoms with Crippen molar-refractivity contribution in [2.75, 3.05) is 12.4 Å². The molecule has 0 fully saturated rings. The number of rotatable bonds is 5. The van der Waals surface area contributed by atoms with E-state index in [9.17, 15) is 15.0 Å².